The third-order valence-electron chi connectivity index (χ3n) is 1.20. The van der Waals surface area contributed by atoms with Crippen LogP contribution >= 0.6 is 0 Å². The second-order valence-electron chi connectivity index (χ2n) is 3.43. The van der Waals surface area contributed by atoms with E-state index in [4.69, 9.17) is 0 Å². The van der Waals surface area contributed by atoms with Crippen LogP contribution in [-0.4, -0.2) is 5.91 Å². The molecule has 0 spiro atoms. The minimum Gasteiger partial charge on any atom is -0.326 e. The molecule has 1 amide bonds. The van der Waals surface area contributed by atoms with Crippen LogP contribution in [0.5, 0.6) is 0 Å². The molecule has 0 bridgehead atoms. The second kappa shape index (κ2) is 3.37. The van der Waals surface area contributed by atoms with Crippen LogP contribution in [0.25, 0.3) is 0 Å². The highest BCUT2D eigenvalue weighted by atomic mass is 16.2. The van der Waals surface area contributed by atoms with Gasteiger partial charge in [0, 0.05) is 11.1 Å². The highest BCUT2D eigenvalue weighted by molar-refractivity contribution is 5.83. The van der Waals surface area contributed by atoms with Crippen molar-refractivity contribution in [1.29, 1.82) is 0 Å². The maximum Gasteiger partial charge on any atom is 0.229 e. The summed E-state index contributed by atoms with van der Waals surface area (Å²) in [7, 11) is 0. The standard InChI is InChI=1S/C9H15NO/c1-6-7(2)10-8(11)9(3,4)5/h6H,1-2H2,3-5H3,(H,10,11). The van der Waals surface area contributed by atoms with E-state index >= 15 is 0 Å². The monoisotopic (exact) mass is 153 g/mol. The first-order valence-corrected chi connectivity index (χ1v) is 3.50. The molecule has 0 aromatic rings. The minimum absolute atomic E-state index is 0.0394. The Kier molecular flexibility index (Phi) is 3.05. The first kappa shape index (κ1) is 9.95. The van der Waals surface area contributed by atoms with Gasteiger partial charge in [-0.2, -0.15) is 0 Å². The molecule has 0 aromatic carbocycles. The van der Waals surface area contributed by atoms with Crippen LogP contribution in [0.2, 0.25) is 0 Å². The number of hydrogen-bond donors (Lipinski definition) is 1. The lowest BCUT2D eigenvalue weighted by Gasteiger charge is -2.17. The fourth-order valence-electron chi connectivity index (χ4n) is 0.384. The number of allylic oxidation sites excluding steroid dienone is 1. The van der Waals surface area contributed by atoms with Gasteiger partial charge in [-0.1, -0.05) is 33.9 Å². The molecule has 0 unspecified atom stereocenters. The molecule has 0 saturated carbocycles. The van der Waals surface area contributed by atoms with Gasteiger partial charge in [0.15, 0.2) is 0 Å². The molecule has 2 heteroatoms. The van der Waals surface area contributed by atoms with E-state index in [1.165, 1.54) is 6.08 Å². The summed E-state index contributed by atoms with van der Waals surface area (Å²) in [5.74, 6) is -0.0394. The Bertz CT molecular complexity index is 186. The Morgan fingerprint density at radius 1 is 1.45 bits per heavy atom. The molecule has 0 heterocycles. The van der Waals surface area contributed by atoms with E-state index in [1.54, 1.807) is 0 Å². The summed E-state index contributed by atoms with van der Waals surface area (Å²) in [6.45, 7) is 12.6. The van der Waals surface area contributed by atoms with Crippen molar-refractivity contribution < 1.29 is 4.79 Å². The molecule has 0 aromatic heterocycles. The summed E-state index contributed by atoms with van der Waals surface area (Å²) >= 11 is 0. The van der Waals surface area contributed by atoms with Crippen molar-refractivity contribution in [3.8, 4) is 0 Å². The third kappa shape index (κ3) is 3.61. The molecular weight excluding hydrogens is 138 g/mol. The van der Waals surface area contributed by atoms with Crippen LogP contribution in [-0.2, 0) is 4.79 Å². The van der Waals surface area contributed by atoms with E-state index in [9.17, 15) is 4.79 Å². The summed E-state index contributed by atoms with van der Waals surface area (Å²) in [5, 5.41) is 2.62. The van der Waals surface area contributed by atoms with E-state index in [0.29, 0.717) is 5.70 Å². The predicted molar refractivity (Wildman–Crippen MR) is 46.9 cm³/mol. The molecule has 0 aliphatic heterocycles. The zero-order valence-corrected chi connectivity index (χ0v) is 7.40. The van der Waals surface area contributed by atoms with E-state index in [0.717, 1.165) is 0 Å². The number of rotatable bonds is 2. The van der Waals surface area contributed by atoms with Crippen molar-refractivity contribution in [2.75, 3.05) is 0 Å². The first-order valence-electron chi connectivity index (χ1n) is 3.50. The largest absolute Gasteiger partial charge is 0.326 e. The van der Waals surface area contributed by atoms with Gasteiger partial charge < -0.3 is 5.32 Å². The van der Waals surface area contributed by atoms with E-state index < -0.39 is 0 Å². The van der Waals surface area contributed by atoms with Crippen LogP contribution in [0, 0.1) is 5.41 Å². The van der Waals surface area contributed by atoms with E-state index in [-0.39, 0.29) is 11.3 Å². The lowest BCUT2D eigenvalue weighted by Crippen LogP contribution is -2.33. The predicted octanol–water partition coefficient (Wildman–Crippen LogP) is 1.85. The molecule has 0 saturated heterocycles. The van der Waals surface area contributed by atoms with Gasteiger partial charge in [0.1, 0.15) is 0 Å². The molecular formula is C9H15NO. The molecule has 0 fully saturated rings. The van der Waals surface area contributed by atoms with Gasteiger partial charge in [-0.25, -0.2) is 0 Å². The summed E-state index contributed by atoms with van der Waals surface area (Å²) in [4.78, 5) is 11.2. The highest BCUT2D eigenvalue weighted by Crippen LogP contribution is 2.12. The fraction of sp³-hybridized carbons (Fsp3) is 0.444. The Hall–Kier alpha value is -1.05. The maximum atomic E-state index is 11.2. The van der Waals surface area contributed by atoms with Crippen molar-refractivity contribution in [2.24, 2.45) is 5.41 Å². The number of nitrogens with one attached hydrogen (secondary N) is 1. The molecule has 11 heavy (non-hydrogen) atoms. The topological polar surface area (TPSA) is 29.1 Å². The van der Waals surface area contributed by atoms with Crippen molar-refractivity contribution in [3.63, 3.8) is 0 Å². The molecule has 0 aliphatic rings. The van der Waals surface area contributed by atoms with Crippen molar-refractivity contribution in [1.82, 2.24) is 5.32 Å². The first-order chi connectivity index (χ1) is 4.88. The van der Waals surface area contributed by atoms with Gasteiger partial charge in [0.05, 0.1) is 0 Å². The molecule has 62 valence electrons. The van der Waals surface area contributed by atoms with Crippen LogP contribution in [0.1, 0.15) is 20.8 Å². The Morgan fingerprint density at radius 2 is 1.91 bits per heavy atom. The molecule has 2 nitrogen and oxygen atoms in total. The third-order valence-corrected chi connectivity index (χ3v) is 1.20. The van der Waals surface area contributed by atoms with Crippen molar-refractivity contribution >= 4 is 5.91 Å². The zero-order valence-electron chi connectivity index (χ0n) is 7.40. The normalized spacial score (nSPS) is 10.5. The average Bonchev–Trinajstić information content (AvgIpc) is 1.85. The summed E-state index contributed by atoms with van der Waals surface area (Å²) in [6.07, 6.45) is 1.52. The molecule has 0 radical (unpaired) electrons. The fourth-order valence-corrected chi connectivity index (χ4v) is 0.384. The number of hydrogen-bond acceptors (Lipinski definition) is 1. The lowest BCUT2D eigenvalue weighted by atomic mass is 9.95. The van der Waals surface area contributed by atoms with Crippen LogP contribution < -0.4 is 5.32 Å². The highest BCUT2D eigenvalue weighted by Gasteiger charge is 2.20. The minimum atomic E-state index is -0.369. The average molecular weight is 153 g/mol. The maximum absolute atomic E-state index is 11.2. The smallest absolute Gasteiger partial charge is 0.229 e. The van der Waals surface area contributed by atoms with Crippen molar-refractivity contribution in [3.05, 3.63) is 24.9 Å². The summed E-state index contributed by atoms with van der Waals surface area (Å²) < 4.78 is 0. The summed E-state index contributed by atoms with van der Waals surface area (Å²) in [5.41, 5.74) is 0.177. The Labute approximate surface area is 68.0 Å². The molecule has 0 atom stereocenters. The number of amides is 1. The van der Waals surface area contributed by atoms with Gasteiger partial charge in [-0.3, -0.25) is 4.79 Å². The van der Waals surface area contributed by atoms with Gasteiger partial charge in [0.25, 0.3) is 0 Å². The van der Waals surface area contributed by atoms with Gasteiger partial charge in [-0.15, -0.1) is 0 Å². The Morgan fingerprint density at radius 3 is 2.18 bits per heavy atom. The Balaban J connectivity index is 4.09. The van der Waals surface area contributed by atoms with Crippen molar-refractivity contribution in [2.45, 2.75) is 20.8 Å². The molecule has 0 aliphatic carbocycles. The van der Waals surface area contributed by atoms with E-state index in [2.05, 4.69) is 18.5 Å². The lowest BCUT2D eigenvalue weighted by molar-refractivity contribution is -0.127. The molecule has 0 rings (SSSR count). The summed E-state index contributed by atoms with van der Waals surface area (Å²) in [6, 6.07) is 0. The molecule has 1 N–H and O–H groups in total. The van der Waals surface area contributed by atoms with Gasteiger partial charge >= 0.3 is 0 Å². The quantitative estimate of drug-likeness (QED) is 0.603. The van der Waals surface area contributed by atoms with Crippen LogP contribution in [0.3, 0.4) is 0 Å². The second-order valence-corrected chi connectivity index (χ2v) is 3.43. The van der Waals surface area contributed by atoms with Crippen LogP contribution in [0.15, 0.2) is 24.9 Å². The van der Waals surface area contributed by atoms with E-state index in [1.807, 2.05) is 20.8 Å². The number of carbonyl (C=O) groups is 1. The van der Waals surface area contributed by atoms with Crippen LogP contribution in [0.4, 0.5) is 0 Å². The SMILES string of the molecule is C=CC(=C)NC(=O)C(C)(C)C. The van der Waals surface area contributed by atoms with Gasteiger partial charge in [0.2, 0.25) is 5.91 Å². The zero-order chi connectivity index (χ0) is 9.07. The number of carbonyl (C=O) groups excluding carboxylic acids is 1. The van der Waals surface area contributed by atoms with Gasteiger partial charge in [-0.05, 0) is 6.08 Å².